The van der Waals surface area contributed by atoms with Gasteiger partial charge in [0.25, 0.3) is 11.6 Å². The van der Waals surface area contributed by atoms with Gasteiger partial charge in [0.1, 0.15) is 0 Å². The minimum absolute atomic E-state index is 0.0367. The summed E-state index contributed by atoms with van der Waals surface area (Å²) in [5.74, 6) is 1.28. The maximum atomic E-state index is 12.9. The molecule has 0 radical (unpaired) electrons. The quantitative estimate of drug-likeness (QED) is 0.844. The molecule has 3 heterocycles. The van der Waals surface area contributed by atoms with Crippen molar-refractivity contribution in [3.05, 3.63) is 23.0 Å². The van der Waals surface area contributed by atoms with E-state index in [1.54, 1.807) is 0 Å². The molecular weight excluding hydrogens is 316 g/mol. The van der Waals surface area contributed by atoms with Gasteiger partial charge < -0.3 is 15.2 Å². The summed E-state index contributed by atoms with van der Waals surface area (Å²) >= 11 is 0. The molecule has 2 fully saturated rings. The third-order valence-electron chi connectivity index (χ3n) is 5.28. The fourth-order valence-corrected chi connectivity index (χ4v) is 3.60. The Balaban J connectivity index is 1.59. The van der Waals surface area contributed by atoms with Gasteiger partial charge in [-0.05, 0) is 56.7 Å². The van der Waals surface area contributed by atoms with Gasteiger partial charge in [0.15, 0.2) is 0 Å². The van der Waals surface area contributed by atoms with Crippen LogP contribution in [0.1, 0.15) is 73.1 Å². The zero-order valence-electron chi connectivity index (χ0n) is 15.0. The Morgan fingerprint density at radius 2 is 2.24 bits per heavy atom. The van der Waals surface area contributed by atoms with E-state index >= 15 is 0 Å². The third kappa shape index (κ3) is 3.40. The lowest BCUT2D eigenvalue weighted by Crippen LogP contribution is -2.27. The smallest absolute Gasteiger partial charge is 0.259 e. The molecule has 0 aromatic carbocycles. The van der Waals surface area contributed by atoms with Crippen LogP contribution in [0.3, 0.4) is 0 Å². The summed E-state index contributed by atoms with van der Waals surface area (Å²) in [7, 11) is 0. The molecule has 6 heteroatoms. The van der Waals surface area contributed by atoms with E-state index in [9.17, 15) is 4.79 Å². The third-order valence-corrected chi connectivity index (χ3v) is 5.28. The highest BCUT2D eigenvalue weighted by atomic mass is 16.5. The molecule has 1 unspecified atom stereocenters. The van der Waals surface area contributed by atoms with Gasteiger partial charge in [-0.2, -0.15) is 0 Å². The first-order valence-electron chi connectivity index (χ1n) is 9.42. The topological polar surface area (TPSA) is 80.0 Å². The predicted octanol–water partition coefficient (Wildman–Crippen LogP) is 2.95. The number of carbonyl (C=O) groups excluding carboxylic acids is 1. The molecule has 2 aliphatic rings. The zero-order chi connectivity index (χ0) is 17.4. The second kappa shape index (κ2) is 6.75. The standard InChI is InChI=1S/C19H26N4O2/c1-11(2)17-16-14(18(24)21-8-6-12-5-7-20-10-12)9-15(13-3-4-13)22-19(16)25-23-17/h9,11-13,20H,3-8,10H2,1-2H3,(H,21,24). The lowest BCUT2D eigenvalue weighted by Gasteiger charge is -2.11. The summed E-state index contributed by atoms with van der Waals surface area (Å²) in [6, 6.07) is 1.95. The molecule has 0 spiro atoms. The highest BCUT2D eigenvalue weighted by Crippen LogP contribution is 2.41. The number of pyridine rings is 1. The molecule has 4 rings (SSSR count). The molecule has 2 aromatic rings. The molecule has 1 atom stereocenters. The van der Waals surface area contributed by atoms with Crippen molar-refractivity contribution < 1.29 is 9.32 Å². The van der Waals surface area contributed by atoms with Crippen LogP contribution in [0.25, 0.3) is 11.1 Å². The molecule has 1 aliphatic carbocycles. The first kappa shape index (κ1) is 16.5. The summed E-state index contributed by atoms with van der Waals surface area (Å²) in [5, 5.41) is 11.4. The fourth-order valence-electron chi connectivity index (χ4n) is 3.60. The number of fused-ring (bicyclic) bond motifs is 1. The number of nitrogens with zero attached hydrogens (tertiary/aromatic N) is 2. The van der Waals surface area contributed by atoms with E-state index < -0.39 is 0 Å². The summed E-state index contributed by atoms with van der Waals surface area (Å²) in [4.78, 5) is 17.5. The molecule has 1 saturated carbocycles. The van der Waals surface area contributed by atoms with Gasteiger partial charge in [0.05, 0.1) is 16.6 Å². The van der Waals surface area contributed by atoms with Crippen LogP contribution in [-0.2, 0) is 0 Å². The average molecular weight is 342 g/mol. The number of nitrogens with one attached hydrogen (secondary N) is 2. The Bertz CT molecular complexity index is 773. The van der Waals surface area contributed by atoms with Gasteiger partial charge in [-0.3, -0.25) is 4.79 Å². The first-order chi connectivity index (χ1) is 12.1. The van der Waals surface area contributed by atoms with Gasteiger partial charge in [-0.25, -0.2) is 4.98 Å². The predicted molar refractivity (Wildman–Crippen MR) is 95.8 cm³/mol. The minimum atomic E-state index is -0.0367. The van der Waals surface area contributed by atoms with Gasteiger partial charge in [-0.1, -0.05) is 19.0 Å². The molecule has 0 bridgehead atoms. The number of aromatic nitrogens is 2. The van der Waals surface area contributed by atoms with Crippen LogP contribution in [0.15, 0.2) is 10.6 Å². The highest BCUT2D eigenvalue weighted by Gasteiger charge is 2.29. The minimum Gasteiger partial charge on any atom is -0.352 e. The van der Waals surface area contributed by atoms with Crippen LogP contribution in [0.5, 0.6) is 0 Å². The van der Waals surface area contributed by atoms with E-state index in [2.05, 4.69) is 34.6 Å². The largest absolute Gasteiger partial charge is 0.352 e. The molecular formula is C19H26N4O2. The normalized spacial score (nSPS) is 20.5. The summed E-state index contributed by atoms with van der Waals surface area (Å²) in [5.41, 5.74) is 2.94. The maximum Gasteiger partial charge on any atom is 0.259 e. The second-order valence-corrected chi connectivity index (χ2v) is 7.68. The van der Waals surface area contributed by atoms with Crippen LogP contribution in [-0.4, -0.2) is 35.7 Å². The summed E-state index contributed by atoms with van der Waals surface area (Å²) in [6.45, 7) is 6.97. The molecule has 1 saturated heterocycles. The Morgan fingerprint density at radius 1 is 1.40 bits per heavy atom. The van der Waals surface area contributed by atoms with Crippen molar-refractivity contribution in [3.8, 4) is 0 Å². The number of carbonyl (C=O) groups is 1. The second-order valence-electron chi connectivity index (χ2n) is 7.68. The Hall–Kier alpha value is -1.95. The zero-order valence-corrected chi connectivity index (χ0v) is 15.0. The van der Waals surface area contributed by atoms with E-state index in [1.165, 1.54) is 6.42 Å². The number of hydrogen-bond donors (Lipinski definition) is 2. The SMILES string of the molecule is CC(C)c1noc2nc(C3CC3)cc(C(=O)NCCC3CCNC3)c12. The first-order valence-corrected chi connectivity index (χ1v) is 9.42. The van der Waals surface area contributed by atoms with Crippen molar-refractivity contribution >= 4 is 17.0 Å². The van der Waals surface area contributed by atoms with E-state index in [0.717, 1.165) is 49.1 Å². The van der Waals surface area contributed by atoms with Gasteiger partial charge >= 0.3 is 0 Å². The number of rotatable bonds is 6. The van der Waals surface area contributed by atoms with E-state index in [1.807, 2.05) is 6.07 Å². The molecule has 1 aliphatic heterocycles. The van der Waals surface area contributed by atoms with Crippen molar-refractivity contribution in [1.29, 1.82) is 0 Å². The fraction of sp³-hybridized carbons (Fsp3) is 0.632. The van der Waals surface area contributed by atoms with Crippen molar-refractivity contribution in [2.24, 2.45) is 5.92 Å². The molecule has 2 aromatic heterocycles. The average Bonchev–Trinajstić information content (AvgIpc) is 3.14. The maximum absolute atomic E-state index is 12.9. The van der Waals surface area contributed by atoms with Crippen molar-refractivity contribution in [1.82, 2.24) is 20.8 Å². The summed E-state index contributed by atoms with van der Waals surface area (Å²) in [6.07, 6.45) is 4.49. The van der Waals surface area contributed by atoms with Crippen LogP contribution in [0.2, 0.25) is 0 Å². The molecule has 1 amide bonds. The van der Waals surface area contributed by atoms with Crippen LogP contribution in [0, 0.1) is 5.92 Å². The lowest BCUT2D eigenvalue weighted by molar-refractivity contribution is 0.0953. The van der Waals surface area contributed by atoms with Gasteiger partial charge in [-0.15, -0.1) is 0 Å². The van der Waals surface area contributed by atoms with Crippen molar-refractivity contribution in [3.63, 3.8) is 0 Å². The monoisotopic (exact) mass is 342 g/mol. The lowest BCUT2D eigenvalue weighted by atomic mass is 10.0. The van der Waals surface area contributed by atoms with E-state index in [-0.39, 0.29) is 11.8 Å². The van der Waals surface area contributed by atoms with Gasteiger partial charge in [0, 0.05) is 18.2 Å². The Morgan fingerprint density at radius 3 is 2.92 bits per heavy atom. The van der Waals surface area contributed by atoms with Crippen LogP contribution in [0.4, 0.5) is 0 Å². The van der Waals surface area contributed by atoms with Crippen LogP contribution < -0.4 is 10.6 Å². The molecule has 6 nitrogen and oxygen atoms in total. The molecule has 134 valence electrons. The summed E-state index contributed by atoms with van der Waals surface area (Å²) < 4.78 is 5.46. The number of hydrogen-bond acceptors (Lipinski definition) is 5. The van der Waals surface area contributed by atoms with E-state index in [4.69, 9.17) is 4.52 Å². The van der Waals surface area contributed by atoms with Crippen molar-refractivity contribution in [2.45, 2.75) is 51.4 Å². The van der Waals surface area contributed by atoms with E-state index in [0.29, 0.717) is 29.7 Å². The number of amides is 1. The van der Waals surface area contributed by atoms with Crippen LogP contribution >= 0.6 is 0 Å². The molecule has 2 N–H and O–H groups in total. The Labute approximate surface area is 147 Å². The Kier molecular flexibility index (Phi) is 4.46. The van der Waals surface area contributed by atoms with Crippen molar-refractivity contribution in [2.75, 3.05) is 19.6 Å². The highest BCUT2D eigenvalue weighted by molar-refractivity contribution is 6.06. The molecule has 25 heavy (non-hydrogen) atoms. The van der Waals surface area contributed by atoms with Gasteiger partial charge in [0.2, 0.25) is 0 Å².